The van der Waals surface area contributed by atoms with Crippen LogP contribution in [0.4, 0.5) is 4.79 Å². The number of hydrogen-bond donors (Lipinski definition) is 3. The van der Waals surface area contributed by atoms with E-state index in [4.69, 9.17) is 4.74 Å². The van der Waals surface area contributed by atoms with Crippen LogP contribution in [0.2, 0.25) is 0 Å². The smallest absolute Gasteiger partial charge is 0.407 e. The number of carboxylic acid groups (broad SMARTS) is 1. The van der Waals surface area contributed by atoms with Crippen LogP contribution in [0.5, 0.6) is 0 Å². The number of alkyl carbamates (subject to hydrolysis) is 1. The fourth-order valence-corrected chi connectivity index (χ4v) is 3.86. The van der Waals surface area contributed by atoms with E-state index < -0.39 is 23.7 Å². The van der Waals surface area contributed by atoms with Gasteiger partial charge in [0.05, 0.1) is 0 Å². The third kappa shape index (κ3) is 23.7. The van der Waals surface area contributed by atoms with E-state index >= 15 is 0 Å². The third-order valence-electron chi connectivity index (χ3n) is 5.89. The molecule has 0 radical (unpaired) electrons. The molecule has 0 aromatic carbocycles. The largest absolute Gasteiger partial charge is 0.480 e. The molecule has 0 spiro atoms. The van der Waals surface area contributed by atoms with E-state index in [-0.39, 0.29) is 5.91 Å². The van der Waals surface area contributed by atoms with E-state index in [2.05, 4.69) is 29.7 Å². The second-order valence-corrected chi connectivity index (χ2v) is 10.7. The Morgan fingerprint density at radius 3 is 1.92 bits per heavy atom. The Morgan fingerprint density at radius 2 is 1.36 bits per heavy atom. The Hall–Kier alpha value is -2.05. The van der Waals surface area contributed by atoms with Crippen molar-refractivity contribution in [2.75, 3.05) is 6.54 Å². The minimum absolute atomic E-state index is 0.202. The van der Waals surface area contributed by atoms with Crippen molar-refractivity contribution in [2.24, 2.45) is 0 Å². The Morgan fingerprint density at radius 1 is 0.806 bits per heavy atom. The van der Waals surface area contributed by atoms with Crippen LogP contribution in [0.15, 0.2) is 12.2 Å². The first-order chi connectivity index (χ1) is 17.2. The summed E-state index contributed by atoms with van der Waals surface area (Å²) in [7, 11) is 0. The van der Waals surface area contributed by atoms with Gasteiger partial charge in [0, 0.05) is 13.0 Å². The van der Waals surface area contributed by atoms with Gasteiger partial charge in [-0.3, -0.25) is 4.79 Å². The number of carboxylic acids is 1. The Bertz CT molecular complexity index is 613. The quantitative estimate of drug-likeness (QED) is 0.105. The molecule has 0 heterocycles. The van der Waals surface area contributed by atoms with E-state index in [1.54, 1.807) is 20.8 Å². The normalized spacial score (nSPS) is 12.4. The van der Waals surface area contributed by atoms with Gasteiger partial charge < -0.3 is 20.5 Å². The van der Waals surface area contributed by atoms with Gasteiger partial charge in [0.15, 0.2) is 0 Å². The lowest BCUT2D eigenvalue weighted by Crippen LogP contribution is -2.40. The molecule has 0 aliphatic rings. The molecule has 0 unspecified atom stereocenters. The molecule has 0 bridgehead atoms. The summed E-state index contributed by atoms with van der Waals surface area (Å²) in [5, 5.41) is 14.7. The van der Waals surface area contributed by atoms with Gasteiger partial charge in [0.1, 0.15) is 11.6 Å². The van der Waals surface area contributed by atoms with Crippen LogP contribution in [0.3, 0.4) is 0 Å². The van der Waals surface area contributed by atoms with Crippen molar-refractivity contribution in [2.45, 2.75) is 148 Å². The van der Waals surface area contributed by atoms with Crippen LogP contribution in [-0.4, -0.2) is 41.3 Å². The van der Waals surface area contributed by atoms with E-state index in [9.17, 15) is 19.5 Å². The zero-order chi connectivity index (χ0) is 27.1. The molecular formula is C29H54N2O5. The maximum Gasteiger partial charge on any atom is 0.407 e. The first-order valence-corrected chi connectivity index (χ1v) is 14.3. The van der Waals surface area contributed by atoms with Gasteiger partial charge in [-0.1, -0.05) is 70.4 Å². The molecule has 0 fully saturated rings. The second-order valence-electron chi connectivity index (χ2n) is 10.7. The molecular weight excluding hydrogens is 456 g/mol. The average molecular weight is 511 g/mol. The molecule has 0 aliphatic carbocycles. The maximum absolute atomic E-state index is 12.1. The van der Waals surface area contributed by atoms with Crippen LogP contribution < -0.4 is 10.6 Å². The van der Waals surface area contributed by atoms with Gasteiger partial charge in [-0.25, -0.2) is 9.59 Å². The molecule has 2 amide bonds. The fraction of sp³-hybridized carbons (Fsp3) is 0.828. The van der Waals surface area contributed by atoms with E-state index in [0.29, 0.717) is 32.2 Å². The van der Waals surface area contributed by atoms with Crippen molar-refractivity contribution in [3.8, 4) is 0 Å². The highest BCUT2D eigenvalue weighted by molar-refractivity contribution is 5.83. The van der Waals surface area contributed by atoms with Gasteiger partial charge in [0.25, 0.3) is 0 Å². The third-order valence-corrected chi connectivity index (χ3v) is 5.89. The SMILES string of the molecule is CCCCCCCC/C=C\CCCCCCCC(=O)N[C@@H](CCCCNC(=O)OC(C)(C)C)C(=O)O. The van der Waals surface area contributed by atoms with Crippen molar-refractivity contribution in [1.82, 2.24) is 10.6 Å². The summed E-state index contributed by atoms with van der Waals surface area (Å²) in [4.78, 5) is 35.2. The fourth-order valence-electron chi connectivity index (χ4n) is 3.86. The van der Waals surface area contributed by atoms with Gasteiger partial charge in [-0.2, -0.15) is 0 Å². The van der Waals surface area contributed by atoms with E-state index in [1.165, 1.54) is 51.4 Å². The molecule has 210 valence electrons. The lowest BCUT2D eigenvalue weighted by molar-refractivity contribution is -0.142. The minimum Gasteiger partial charge on any atom is -0.480 e. The number of aliphatic carboxylic acids is 1. The van der Waals surface area contributed by atoms with Gasteiger partial charge in [-0.15, -0.1) is 0 Å². The monoisotopic (exact) mass is 510 g/mol. The molecule has 7 nitrogen and oxygen atoms in total. The summed E-state index contributed by atoms with van der Waals surface area (Å²) in [6, 6.07) is -0.887. The molecule has 7 heteroatoms. The van der Waals surface area contributed by atoms with Gasteiger partial charge in [0.2, 0.25) is 5.91 Å². The highest BCUT2D eigenvalue weighted by Gasteiger charge is 2.19. The molecule has 0 saturated heterocycles. The highest BCUT2D eigenvalue weighted by Crippen LogP contribution is 2.11. The molecule has 0 aromatic heterocycles. The van der Waals surface area contributed by atoms with Crippen LogP contribution in [0, 0.1) is 0 Å². The number of unbranched alkanes of at least 4 members (excludes halogenated alkanes) is 12. The van der Waals surface area contributed by atoms with Crippen LogP contribution in [0.25, 0.3) is 0 Å². The number of ether oxygens (including phenoxy) is 1. The maximum atomic E-state index is 12.1. The molecule has 36 heavy (non-hydrogen) atoms. The Labute approximate surface area is 220 Å². The first kappa shape index (κ1) is 34.0. The lowest BCUT2D eigenvalue weighted by atomic mass is 10.1. The number of amides is 2. The molecule has 3 N–H and O–H groups in total. The number of hydrogen-bond acceptors (Lipinski definition) is 4. The number of rotatable bonds is 22. The van der Waals surface area contributed by atoms with Crippen LogP contribution in [-0.2, 0) is 14.3 Å². The number of carbonyl (C=O) groups is 3. The van der Waals surface area contributed by atoms with Gasteiger partial charge >= 0.3 is 12.1 Å². The topological polar surface area (TPSA) is 105 Å². The summed E-state index contributed by atoms with van der Waals surface area (Å²) in [5.41, 5.74) is -0.549. The van der Waals surface area contributed by atoms with Crippen LogP contribution in [0.1, 0.15) is 137 Å². The first-order valence-electron chi connectivity index (χ1n) is 14.3. The molecule has 0 saturated carbocycles. The van der Waals surface area contributed by atoms with Gasteiger partial charge in [-0.05, 0) is 72.1 Å². The molecule has 1 atom stereocenters. The number of carbonyl (C=O) groups excluding carboxylic acids is 2. The Balaban J connectivity index is 3.73. The van der Waals surface area contributed by atoms with Crippen molar-refractivity contribution in [3.05, 3.63) is 12.2 Å². The average Bonchev–Trinajstić information content (AvgIpc) is 2.79. The number of nitrogens with one attached hydrogen (secondary N) is 2. The van der Waals surface area contributed by atoms with E-state index in [1.807, 2.05) is 0 Å². The molecule has 0 rings (SSSR count). The lowest BCUT2D eigenvalue weighted by Gasteiger charge is -2.19. The molecule has 0 aromatic rings. The minimum atomic E-state index is -1.02. The summed E-state index contributed by atoms with van der Waals surface area (Å²) in [6.45, 7) is 8.04. The molecule has 0 aliphatic heterocycles. The van der Waals surface area contributed by atoms with Crippen molar-refractivity contribution >= 4 is 18.0 Å². The zero-order valence-corrected chi connectivity index (χ0v) is 23.5. The van der Waals surface area contributed by atoms with Crippen molar-refractivity contribution in [3.63, 3.8) is 0 Å². The summed E-state index contributed by atoms with van der Waals surface area (Å²) < 4.78 is 5.16. The van der Waals surface area contributed by atoms with Crippen LogP contribution >= 0.6 is 0 Å². The zero-order valence-electron chi connectivity index (χ0n) is 23.5. The second kappa shape index (κ2) is 22.2. The summed E-state index contributed by atoms with van der Waals surface area (Å²) >= 11 is 0. The van der Waals surface area contributed by atoms with Crippen molar-refractivity contribution < 1.29 is 24.2 Å². The highest BCUT2D eigenvalue weighted by atomic mass is 16.6. The van der Waals surface area contributed by atoms with Crippen molar-refractivity contribution in [1.29, 1.82) is 0 Å². The summed E-state index contributed by atoms with van der Waals surface area (Å²) in [6.07, 6.45) is 21.6. The standard InChI is InChI=1S/C29H54N2O5/c1-5-6-7-8-9-10-11-12-13-14-15-16-17-18-19-23-26(32)31-25(27(33)34)22-20-21-24-30-28(35)36-29(2,3)4/h12-13,25H,5-11,14-24H2,1-4H3,(H,30,35)(H,31,32)(H,33,34)/b13-12-/t25-/m0/s1. The predicted molar refractivity (Wildman–Crippen MR) is 147 cm³/mol. The summed E-state index contributed by atoms with van der Waals surface area (Å²) in [5.74, 6) is -1.22. The predicted octanol–water partition coefficient (Wildman–Crippen LogP) is 7.29. The number of allylic oxidation sites excluding steroid dienone is 2. The van der Waals surface area contributed by atoms with E-state index in [0.717, 1.165) is 32.1 Å². The Kier molecular flexibility index (Phi) is 20.9.